The summed E-state index contributed by atoms with van der Waals surface area (Å²) in [7, 11) is -3.24. The Bertz CT molecular complexity index is 498. The van der Waals surface area contributed by atoms with Gasteiger partial charge in [0.25, 0.3) is 0 Å². The third-order valence-corrected chi connectivity index (χ3v) is 5.77. The average molecular weight is 337 g/mol. The average Bonchev–Trinajstić information content (AvgIpc) is 2.82. The van der Waals surface area contributed by atoms with Gasteiger partial charge in [-0.1, -0.05) is 6.07 Å². The van der Waals surface area contributed by atoms with E-state index in [4.69, 9.17) is 0 Å². The number of nitrogens with zero attached hydrogens (tertiary/aromatic N) is 1. The molecule has 2 atom stereocenters. The van der Waals surface area contributed by atoms with Crippen LogP contribution in [0.5, 0.6) is 0 Å². The van der Waals surface area contributed by atoms with E-state index in [2.05, 4.69) is 22.6 Å². The number of sulfonamides is 1. The topological polar surface area (TPSA) is 37.1 Å². The molecule has 15 heavy (non-hydrogen) atoms. The van der Waals surface area contributed by atoms with Crippen molar-refractivity contribution in [3.8, 4) is 0 Å². The Morgan fingerprint density at radius 3 is 2.53 bits per heavy atom. The van der Waals surface area contributed by atoms with Crippen LogP contribution in [0.3, 0.4) is 0 Å². The van der Waals surface area contributed by atoms with Crippen molar-refractivity contribution in [2.24, 2.45) is 0 Å². The molecule has 2 unspecified atom stereocenters. The first-order chi connectivity index (χ1) is 6.93. The maximum Gasteiger partial charge on any atom is 0.244 e. The van der Waals surface area contributed by atoms with Crippen LogP contribution in [0.15, 0.2) is 23.1 Å². The minimum absolute atomic E-state index is 0.159. The lowest BCUT2D eigenvalue weighted by Crippen LogP contribution is -2.15. The quantitative estimate of drug-likeness (QED) is 0.611. The molecular weight excluding hydrogens is 325 g/mol. The lowest BCUT2D eigenvalue weighted by Gasteiger charge is -2.07. The Hall–Kier alpha value is -0.140. The number of aryl methyl sites for hydroxylation is 1. The van der Waals surface area contributed by atoms with E-state index in [0.717, 1.165) is 9.13 Å². The van der Waals surface area contributed by atoms with Crippen molar-refractivity contribution in [1.82, 2.24) is 4.31 Å². The van der Waals surface area contributed by atoms with E-state index in [1.165, 1.54) is 4.31 Å². The lowest BCUT2D eigenvalue weighted by atomic mass is 10.2. The molecule has 2 rings (SSSR count). The van der Waals surface area contributed by atoms with Gasteiger partial charge in [-0.05, 0) is 54.1 Å². The normalized spacial score (nSPS) is 25.3. The summed E-state index contributed by atoms with van der Waals surface area (Å²) in [5, 5.41) is 0. The van der Waals surface area contributed by atoms with Gasteiger partial charge in [0.1, 0.15) is 0 Å². The van der Waals surface area contributed by atoms with Crippen LogP contribution in [0, 0.1) is 10.5 Å². The van der Waals surface area contributed by atoms with Gasteiger partial charge >= 0.3 is 0 Å². The molecule has 5 heteroatoms. The van der Waals surface area contributed by atoms with Gasteiger partial charge in [-0.25, -0.2) is 8.42 Å². The second-order valence-electron chi connectivity index (χ2n) is 3.86. The zero-order valence-corrected chi connectivity index (χ0v) is 11.5. The van der Waals surface area contributed by atoms with E-state index in [1.807, 2.05) is 26.0 Å². The summed E-state index contributed by atoms with van der Waals surface area (Å²) in [5.41, 5.74) is 1.08. The van der Waals surface area contributed by atoms with Gasteiger partial charge in [0.05, 0.1) is 4.90 Å². The first kappa shape index (κ1) is 11.3. The van der Waals surface area contributed by atoms with Gasteiger partial charge in [-0.15, -0.1) is 0 Å². The number of halogens is 1. The summed E-state index contributed by atoms with van der Waals surface area (Å²) in [5.74, 6) is 0. The van der Waals surface area contributed by atoms with Crippen LogP contribution in [-0.2, 0) is 10.0 Å². The highest BCUT2D eigenvalue weighted by Gasteiger charge is 2.41. The van der Waals surface area contributed by atoms with E-state index in [1.54, 1.807) is 6.07 Å². The first-order valence-corrected chi connectivity index (χ1v) is 7.23. The maximum atomic E-state index is 12.1. The minimum atomic E-state index is -3.24. The summed E-state index contributed by atoms with van der Waals surface area (Å²) in [6.07, 6.45) is 0. The van der Waals surface area contributed by atoms with Gasteiger partial charge in [-0.3, -0.25) is 0 Å². The van der Waals surface area contributed by atoms with E-state index in [9.17, 15) is 8.42 Å². The van der Waals surface area contributed by atoms with Crippen LogP contribution >= 0.6 is 22.6 Å². The monoisotopic (exact) mass is 337 g/mol. The van der Waals surface area contributed by atoms with Gasteiger partial charge in [0.2, 0.25) is 10.0 Å². The molecule has 1 heterocycles. The molecule has 1 aromatic carbocycles. The number of benzene rings is 1. The first-order valence-electron chi connectivity index (χ1n) is 4.71. The standard InChI is InChI=1S/C10H12INO2S/c1-7-3-4-10(9(11)5-7)15(13,14)12-6-8(12)2/h3-5,8H,6H2,1-2H3. The fourth-order valence-corrected chi connectivity index (χ4v) is 4.68. The van der Waals surface area contributed by atoms with Crippen LogP contribution in [0.2, 0.25) is 0 Å². The molecular formula is C10H12INO2S. The van der Waals surface area contributed by atoms with Gasteiger partial charge in [0, 0.05) is 16.2 Å². The van der Waals surface area contributed by atoms with Crippen molar-refractivity contribution >= 4 is 32.6 Å². The van der Waals surface area contributed by atoms with Crippen LogP contribution in [0.1, 0.15) is 12.5 Å². The van der Waals surface area contributed by atoms with Gasteiger partial charge in [0.15, 0.2) is 0 Å². The third kappa shape index (κ3) is 2.05. The van der Waals surface area contributed by atoms with E-state index in [0.29, 0.717) is 11.4 Å². The van der Waals surface area contributed by atoms with Gasteiger partial charge < -0.3 is 0 Å². The van der Waals surface area contributed by atoms with E-state index >= 15 is 0 Å². The summed E-state index contributed by atoms with van der Waals surface area (Å²) in [4.78, 5) is 0.429. The Morgan fingerprint density at radius 1 is 1.47 bits per heavy atom. The molecule has 0 bridgehead atoms. The molecule has 3 nitrogen and oxygen atoms in total. The minimum Gasteiger partial charge on any atom is -0.207 e. The van der Waals surface area contributed by atoms with E-state index < -0.39 is 10.0 Å². The SMILES string of the molecule is Cc1ccc(S(=O)(=O)N2CC2C)c(I)c1. The molecule has 0 radical (unpaired) electrons. The lowest BCUT2D eigenvalue weighted by molar-refractivity contribution is 0.555. The number of hydrogen-bond donors (Lipinski definition) is 0. The Morgan fingerprint density at radius 2 is 2.07 bits per heavy atom. The van der Waals surface area contributed by atoms with Crippen LogP contribution < -0.4 is 0 Å². The largest absolute Gasteiger partial charge is 0.244 e. The highest BCUT2D eigenvalue weighted by Crippen LogP contribution is 2.30. The van der Waals surface area contributed by atoms with E-state index in [-0.39, 0.29) is 6.04 Å². The predicted octanol–water partition coefficient (Wildman–Crippen LogP) is 1.99. The fraction of sp³-hybridized carbons (Fsp3) is 0.400. The molecule has 0 aliphatic carbocycles. The van der Waals surface area contributed by atoms with Crippen LogP contribution in [0.4, 0.5) is 0 Å². The third-order valence-electron chi connectivity index (χ3n) is 2.48. The Labute approximate surface area is 104 Å². The Kier molecular flexibility index (Phi) is 2.81. The highest BCUT2D eigenvalue weighted by molar-refractivity contribution is 14.1. The fourth-order valence-electron chi connectivity index (χ4n) is 1.49. The predicted molar refractivity (Wildman–Crippen MR) is 67.2 cm³/mol. The second-order valence-corrected chi connectivity index (χ2v) is 6.88. The zero-order valence-electron chi connectivity index (χ0n) is 8.57. The van der Waals surface area contributed by atoms with Crippen molar-refractivity contribution in [2.75, 3.05) is 6.54 Å². The van der Waals surface area contributed by atoms with Crippen molar-refractivity contribution in [1.29, 1.82) is 0 Å². The molecule has 1 saturated heterocycles. The molecule has 1 aromatic rings. The molecule has 82 valence electrons. The van der Waals surface area contributed by atoms with Gasteiger partial charge in [-0.2, -0.15) is 4.31 Å². The van der Waals surface area contributed by atoms with Crippen molar-refractivity contribution in [3.63, 3.8) is 0 Å². The summed E-state index contributed by atoms with van der Waals surface area (Å²) < 4.78 is 26.4. The molecule has 0 aromatic heterocycles. The van der Waals surface area contributed by atoms with Crippen molar-refractivity contribution < 1.29 is 8.42 Å². The molecule has 0 N–H and O–H groups in total. The Balaban J connectivity index is 2.46. The molecule has 0 spiro atoms. The smallest absolute Gasteiger partial charge is 0.207 e. The maximum absolute atomic E-state index is 12.1. The summed E-state index contributed by atoms with van der Waals surface area (Å²) in [6, 6.07) is 5.58. The molecule has 0 saturated carbocycles. The highest BCUT2D eigenvalue weighted by atomic mass is 127. The molecule has 1 aliphatic rings. The summed E-state index contributed by atoms with van der Waals surface area (Å²) >= 11 is 2.07. The summed E-state index contributed by atoms with van der Waals surface area (Å²) in [6.45, 7) is 4.52. The zero-order chi connectivity index (χ0) is 11.2. The van der Waals surface area contributed by atoms with Crippen LogP contribution in [-0.4, -0.2) is 25.3 Å². The molecule has 1 aliphatic heterocycles. The van der Waals surface area contributed by atoms with Crippen molar-refractivity contribution in [2.45, 2.75) is 24.8 Å². The van der Waals surface area contributed by atoms with Crippen molar-refractivity contribution in [3.05, 3.63) is 27.3 Å². The molecule has 1 fully saturated rings. The molecule has 0 amide bonds. The second kappa shape index (κ2) is 3.71. The van der Waals surface area contributed by atoms with Crippen LogP contribution in [0.25, 0.3) is 0 Å². The number of hydrogen-bond acceptors (Lipinski definition) is 2. The number of rotatable bonds is 2.